The van der Waals surface area contributed by atoms with E-state index in [0.29, 0.717) is 11.3 Å². The van der Waals surface area contributed by atoms with Crippen molar-refractivity contribution in [1.82, 2.24) is 0 Å². The normalized spacial score (nSPS) is 28.4. The van der Waals surface area contributed by atoms with Gasteiger partial charge in [-0.05, 0) is 18.3 Å². The number of amides is 1. The van der Waals surface area contributed by atoms with E-state index in [1.54, 1.807) is 0 Å². The first kappa shape index (κ1) is 16.1. The molecule has 1 aliphatic rings. The lowest BCUT2D eigenvalue weighted by atomic mass is 9.73. The molecule has 0 unspecified atom stereocenters. The van der Waals surface area contributed by atoms with E-state index in [2.05, 4.69) is 27.7 Å². The molecule has 3 heteroatoms. The maximum absolute atomic E-state index is 11.9. The molecule has 0 atom stereocenters. The highest BCUT2D eigenvalue weighted by Gasteiger charge is 2.34. The topological polar surface area (TPSA) is 69.1 Å². The van der Waals surface area contributed by atoms with E-state index in [-0.39, 0.29) is 16.7 Å². The highest BCUT2D eigenvalue weighted by molar-refractivity contribution is 5.94. The smallest absolute Gasteiger partial charge is 0.246 e. The summed E-state index contributed by atoms with van der Waals surface area (Å²) in [5.74, 6) is -0.352. The zero-order chi connectivity index (χ0) is 14.7. The fraction of sp³-hybridized carbons (Fsp3) is 0.812. The summed E-state index contributed by atoms with van der Waals surface area (Å²) in [5, 5.41) is 0. The molecule has 0 saturated carbocycles. The van der Waals surface area contributed by atoms with Crippen molar-refractivity contribution in [1.29, 1.82) is 0 Å². The van der Waals surface area contributed by atoms with Crippen LogP contribution in [0.15, 0.2) is 11.3 Å². The Hall–Kier alpha value is -0.990. The standard InChI is InChI=1S/C16H30N2O/c1-15(2)10-8-6-5-7-9-11-16(3,4)13(17)12(15)14(18)19/h5-11,17H2,1-4H3,(H2,18,19)/b13-12+. The number of hydrogen-bond acceptors (Lipinski definition) is 2. The van der Waals surface area contributed by atoms with Crippen molar-refractivity contribution in [3.8, 4) is 0 Å². The lowest BCUT2D eigenvalue weighted by Gasteiger charge is -2.33. The zero-order valence-electron chi connectivity index (χ0n) is 13.0. The lowest BCUT2D eigenvalue weighted by molar-refractivity contribution is -0.115. The third kappa shape index (κ3) is 3.99. The molecule has 4 N–H and O–H groups in total. The molecule has 0 aromatic rings. The molecule has 0 aromatic carbocycles. The predicted molar refractivity (Wildman–Crippen MR) is 80.3 cm³/mol. The van der Waals surface area contributed by atoms with E-state index in [1.807, 2.05) is 0 Å². The first-order chi connectivity index (χ1) is 8.68. The second kappa shape index (κ2) is 5.98. The Kier molecular flexibility index (Phi) is 5.05. The van der Waals surface area contributed by atoms with Crippen LogP contribution in [-0.4, -0.2) is 5.91 Å². The monoisotopic (exact) mass is 266 g/mol. The van der Waals surface area contributed by atoms with Crippen LogP contribution in [0.25, 0.3) is 0 Å². The number of nitrogens with two attached hydrogens (primary N) is 2. The molecule has 0 saturated heterocycles. The summed E-state index contributed by atoms with van der Waals surface area (Å²) in [4.78, 5) is 11.9. The fourth-order valence-electron chi connectivity index (χ4n) is 3.09. The van der Waals surface area contributed by atoms with Crippen LogP contribution in [0.1, 0.15) is 72.6 Å². The van der Waals surface area contributed by atoms with Crippen molar-refractivity contribution in [3.63, 3.8) is 0 Å². The Morgan fingerprint density at radius 1 is 0.895 bits per heavy atom. The molecule has 0 aliphatic heterocycles. The maximum atomic E-state index is 11.9. The summed E-state index contributed by atoms with van der Waals surface area (Å²) >= 11 is 0. The van der Waals surface area contributed by atoms with Crippen LogP contribution in [-0.2, 0) is 4.79 Å². The van der Waals surface area contributed by atoms with Gasteiger partial charge in [-0.1, -0.05) is 59.8 Å². The third-order valence-corrected chi connectivity index (χ3v) is 4.53. The molecule has 0 fully saturated rings. The molecule has 0 radical (unpaired) electrons. The molecule has 0 heterocycles. The number of rotatable bonds is 1. The van der Waals surface area contributed by atoms with Crippen LogP contribution in [0.3, 0.4) is 0 Å². The molecule has 0 bridgehead atoms. The number of carbonyl (C=O) groups excluding carboxylic acids is 1. The van der Waals surface area contributed by atoms with Crippen molar-refractivity contribution in [3.05, 3.63) is 11.3 Å². The SMILES string of the molecule is CC1(C)CCCCCCCC(C)(C)/C(C(N)=O)=C\1N. The highest BCUT2D eigenvalue weighted by atomic mass is 16.1. The summed E-state index contributed by atoms with van der Waals surface area (Å²) in [7, 11) is 0. The third-order valence-electron chi connectivity index (χ3n) is 4.53. The van der Waals surface area contributed by atoms with Gasteiger partial charge in [0.2, 0.25) is 5.91 Å². The van der Waals surface area contributed by atoms with Gasteiger partial charge >= 0.3 is 0 Å². The molecule has 1 amide bonds. The Labute approximate surface area is 117 Å². The van der Waals surface area contributed by atoms with Crippen LogP contribution < -0.4 is 11.5 Å². The predicted octanol–water partition coefficient (Wildman–Crippen LogP) is 3.48. The molecule has 0 spiro atoms. The molecule has 0 aromatic heterocycles. The van der Waals surface area contributed by atoms with Gasteiger partial charge in [0.15, 0.2) is 0 Å². The largest absolute Gasteiger partial charge is 0.401 e. The van der Waals surface area contributed by atoms with Crippen LogP contribution in [0.4, 0.5) is 0 Å². The average Bonchev–Trinajstić information content (AvgIpc) is 2.26. The summed E-state index contributed by atoms with van der Waals surface area (Å²) < 4.78 is 0. The molecule has 1 aliphatic carbocycles. The van der Waals surface area contributed by atoms with Crippen molar-refractivity contribution in [2.75, 3.05) is 0 Å². The zero-order valence-corrected chi connectivity index (χ0v) is 13.0. The molecule has 1 rings (SSSR count). The minimum Gasteiger partial charge on any atom is -0.401 e. The van der Waals surface area contributed by atoms with Gasteiger partial charge in [-0.15, -0.1) is 0 Å². The lowest BCUT2D eigenvalue weighted by Crippen LogP contribution is -2.35. The number of primary amides is 1. The number of hydrogen-bond donors (Lipinski definition) is 2. The molecular weight excluding hydrogens is 236 g/mol. The number of allylic oxidation sites excluding steroid dienone is 1. The molecule has 19 heavy (non-hydrogen) atoms. The molecule has 3 nitrogen and oxygen atoms in total. The van der Waals surface area contributed by atoms with Crippen LogP contribution in [0.5, 0.6) is 0 Å². The van der Waals surface area contributed by atoms with Crippen LogP contribution in [0.2, 0.25) is 0 Å². The van der Waals surface area contributed by atoms with Gasteiger partial charge in [0.25, 0.3) is 0 Å². The highest BCUT2D eigenvalue weighted by Crippen LogP contribution is 2.40. The first-order valence-electron chi connectivity index (χ1n) is 7.49. The van der Waals surface area contributed by atoms with E-state index >= 15 is 0 Å². The van der Waals surface area contributed by atoms with Gasteiger partial charge < -0.3 is 11.5 Å². The Morgan fingerprint density at radius 2 is 1.32 bits per heavy atom. The molecule has 110 valence electrons. The quantitative estimate of drug-likeness (QED) is 0.763. The second-order valence-electron chi connectivity index (χ2n) is 7.19. The van der Waals surface area contributed by atoms with E-state index < -0.39 is 0 Å². The second-order valence-corrected chi connectivity index (χ2v) is 7.19. The van der Waals surface area contributed by atoms with E-state index in [1.165, 1.54) is 25.7 Å². The van der Waals surface area contributed by atoms with Crippen LogP contribution in [0, 0.1) is 10.8 Å². The van der Waals surface area contributed by atoms with Crippen LogP contribution >= 0.6 is 0 Å². The van der Waals surface area contributed by atoms with E-state index in [9.17, 15) is 4.79 Å². The fourth-order valence-corrected chi connectivity index (χ4v) is 3.09. The Bertz CT molecular complexity index is 367. The molecular formula is C16H30N2O. The van der Waals surface area contributed by atoms with E-state index in [0.717, 1.165) is 19.3 Å². The summed E-state index contributed by atoms with van der Waals surface area (Å²) in [6, 6.07) is 0. The van der Waals surface area contributed by atoms with Gasteiger partial charge in [0.1, 0.15) is 0 Å². The van der Waals surface area contributed by atoms with E-state index in [4.69, 9.17) is 11.5 Å². The number of carbonyl (C=O) groups is 1. The van der Waals surface area contributed by atoms with Gasteiger partial charge in [0, 0.05) is 16.7 Å². The Balaban J connectivity index is 3.24. The maximum Gasteiger partial charge on any atom is 0.246 e. The van der Waals surface area contributed by atoms with Gasteiger partial charge in [0.05, 0.1) is 0 Å². The van der Waals surface area contributed by atoms with Gasteiger partial charge in [-0.25, -0.2) is 0 Å². The summed E-state index contributed by atoms with van der Waals surface area (Å²) in [6.45, 7) is 8.43. The van der Waals surface area contributed by atoms with Crippen molar-refractivity contribution >= 4 is 5.91 Å². The van der Waals surface area contributed by atoms with Gasteiger partial charge in [-0.3, -0.25) is 4.79 Å². The van der Waals surface area contributed by atoms with Gasteiger partial charge in [-0.2, -0.15) is 0 Å². The first-order valence-corrected chi connectivity index (χ1v) is 7.49. The van der Waals surface area contributed by atoms with Crippen molar-refractivity contribution < 1.29 is 4.79 Å². The summed E-state index contributed by atoms with van der Waals surface area (Å²) in [6.07, 6.45) is 8.06. The minimum atomic E-state index is -0.352. The van der Waals surface area contributed by atoms with Crippen molar-refractivity contribution in [2.24, 2.45) is 22.3 Å². The average molecular weight is 266 g/mol. The Morgan fingerprint density at radius 3 is 1.79 bits per heavy atom. The minimum absolute atomic E-state index is 0.147. The van der Waals surface area contributed by atoms with Crippen molar-refractivity contribution in [2.45, 2.75) is 72.6 Å². The summed E-state index contributed by atoms with van der Waals surface area (Å²) in [5.41, 5.74) is 13.0.